The monoisotopic (exact) mass is 418 g/mol. The van der Waals surface area contributed by atoms with Crippen LogP contribution in [0.4, 0.5) is 10.3 Å². The number of primary sulfonamides is 2. The van der Waals surface area contributed by atoms with E-state index >= 15 is 0 Å². The lowest BCUT2D eigenvalue weighted by molar-refractivity contribution is -0.114. The van der Waals surface area contributed by atoms with Crippen LogP contribution in [-0.2, 0) is 24.8 Å². The number of hydrogen-bond acceptors (Lipinski definition) is 12. The average Bonchev–Trinajstić information content (AvgIpc) is 2.96. The van der Waals surface area contributed by atoms with Crippen LogP contribution < -0.4 is 21.3 Å². The van der Waals surface area contributed by atoms with Gasteiger partial charge in [-0.3, -0.25) is 4.79 Å². The van der Waals surface area contributed by atoms with Crippen molar-refractivity contribution < 1.29 is 21.6 Å². The predicted octanol–water partition coefficient (Wildman–Crippen LogP) is -1.45. The van der Waals surface area contributed by atoms with Crippen LogP contribution in [-0.4, -0.2) is 43.1 Å². The fraction of sp³-hybridized carbons (Fsp3) is 0.286. The fourth-order valence-corrected chi connectivity index (χ4v) is 3.46. The second-order valence-electron chi connectivity index (χ2n) is 3.55. The summed E-state index contributed by atoms with van der Waals surface area (Å²) in [6.07, 6.45) is 0. The molecular formula is C7H14N8O5S4. The van der Waals surface area contributed by atoms with Gasteiger partial charge in [0, 0.05) is 6.92 Å². The number of carbonyl (C=O) groups is 1. The molecule has 24 heavy (non-hydrogen) atoms. The molecule has 1 amide bonds. The molecule has 0 fully saturated rings. The molecule has 7 N–H and O–H groups in total. The van der Waals surface area contributed by atoms with E-state index in [1.54, 1.807) is 0 Å². The molecule has 2 rings (SSSR count). The highest BCUT2D eigenvalue weighted by atomic mass is 32.3. The molecule has 0 saturated carbocycles. The zero-order chi connectivity index (χ0) is 17.8. The second-order valence-corrected chi connectivity index (χ2v) is 9.01. The van der Waals surface area contributed by atoms with Crippen molar-refractivity contribution in [2.45, 2.75) is 23.0 Å². The fourth-order valence-electron chi connectivity index (χ4n) is 0.861. The Labute approximate surface area is 145 Å². The molecular weight excluding hydrogens is 404 g/mol. The zero-order valence-electron chi connectivity index (χ0n) is 11.2. The van der Waals surface area contributed by atoms with Crippen LogP contribution in [0.15, 0.2) is 8.68 Å². The number of nitrogens with zero attached hydrogens (tertiary/aromatic N) is 4. The summed E-state index contributed by atoms with van der Waals surface area (Å²) in [5.41, 5.74) is 5.10. The van der Waals surface area contributed by atoms with E-state index in [4.69, 9.17) is 16.0 Å². The lowest BCUT2D eigenvalue weighted by Gasteiger charge is -1.90. The van der Waals surface area contributed by atoms with Gasteiger partial charge in [0.05, 0.1) is 0 Å². The van der Waals surface area contributed by atoms with Crippen molar-refractivity contribution in [1.29, 1.82) is 0 Å². The zero-order valence-corrected chi connectivity index (χ0v) is 14.5. The molecule has 136 valence electrons. The van der Waals surface area contributed by atoms with Gasteiger partial charge < -0.3 is 11.1 Å². The van der Waals surface area contributed by atoms with Crippen LogP contribution >= 0.6 is 22.7 Å². The highest BCUT2D eigenvalue weighted by Gasteiger charge is 2.15. The van der Waals surface area contributed by atoms with Gasteiger partial charge in [0.25, 0.3) is 20.0 Å². The topological polar surface area (TPSA) is 227 Å². The third kappa shape index (κ3) is 7.19. The number of amides is 1. The van der Waals surface area contributed by atoms with Crippen LogP contribution in [0.3, 0.4) is 0 Å². The van der Waals surface area contributed by atoms with Crippen LogP contribution in [0.25, 0.3) is 0 Å². The Kier molecular flexibility index (Phi) is 7.73. The molecule has 0 spiro atoms. The van der Waals surface area contributed by atoms with Gasteiger partial charge >= 0.3 is 0 Å². The molecule has 0 aliphatic heterocycles. The van der Waals surface area contributed by atoms with Crippen molar-refractivity contribution in [1.82, 2.24) is 20.4 Å². The maximum atomic E-state index is 10.7. The summed E-state index contributed by atoms with van der Waals surface area (Å²) in [6, 6.07) is 0. The summed E-state index contributed by atoms with van der Waals surface area (Å²) in [7, 11) is -7.54. The number of hydrogen-bond donors (Lipinski definition) is 4. The van der Waals surface area contributed by atoms with Gasteiger partial charge in [-0.25, -0.2) is 27.1 Å². The first-order valence-corrected chi connectivity index (χ1v) is 9.88. The normalized spacial score (nSPS) is 11.0. The predicted molar refractivity (Wildman–Crippen MR) is 88.0 cm³/mol. The van der Waals surface area contributed by atoms with E-state index in [-0.39, 0.29) is 32.3 Å². The Morgan fingerprint density at radius 3 is 1.71 bits per heavy atom. The largest absolute Gasteiger partial charge is 0.374 e. The number of aromatic nitrogens is 4. The van der Waals surface area contributed by atoms with E-state index in [0.717, 1.165) is 11.3 Å². The molecule has 0 aliphatic carbocycles. The first kappa shape index (κ1) is 22.2. The number of carbonyl (C=O) groups excluding carboxylic acids is 1. The van der Waals surface area contributed by atoms with Gasteiger partial charge in [-0.05, 0) is 0 Å². The molecule has 0 unspecified atom stereocenters. The van der Waals surface area contributed by atoms with Crippen molar-refractivity contribution in [2.75, 3.05) is 11.1 Å². The molecule has 0 radical (unpaired) electrons. The van der Waals surface area contributed by atoms with Gasteiger partial charge in [-0.2, -0.15) is 0 Å². The van der Waals surface area contributed by atoms with Gasteiger partial charge in [0.1, 0.15) is 0 Å². The van der Waals surface area contributed by atoms with Crippen LogP contribution in [0.2, 0.25) is 0 Å². The second kappa shape index (κ2) is 8.35. The molecule has 0 atom stereocenters. The minimum absolute atomic E-state index is 0. The molecule has 0 saturated heterocycles. The Bertz CT molecular complexity index is 901. The van der Waals surface area contributed by atoms with Crippen LogP contribution in [0.1, 0.15) is 14.4 Å². The maximum Gasteiger partial charge on any atom is 0.267 e. The van der Waals surface area contributed by atoms with Crippen LogP contribution in [0.5, 0.6) is 0 Å². The third-order valence-electron chi connectivity index (χ3n) is 1.60. The van der Waals surface area contributed by atoms with E-state index in [1.807, 2.05) is 0 Å². The Morgan fingerprint density at radius 1 is 0.958 bits per heavy atom. The molecule has 17 heteroatoms. The lowest BCUT2D eigenvalue weighted by atomic mass is 10.7. The molecule has 2 heterocycles. The van der Waals surface area contributed by atoms with Crippen molar-refractivity contribution in [3.63, 3.8) is 0 Å². The first-order valence-electron chi connectivity index (χ1n) is 5.15. The van der Waals surface area contributed by atoms with Gasteiger partial charge in [-0.1, -0.05) is 30.1 Å². The minimum Gasteiger partial charge on any atom is -0.374 e. The smallest absolute Gasteiger partial charge is 0.267 e. The van der Waals surface area contributed by atoms with Gasteiger partial charge in [0.2, 0.25) is 24.8 Å². The molecule has 2 aromatic heterocycles. The number of nitrogen functional groups attached to an aromatic ring is 1. The lowest BCUT2D eigenvalue weighted by Crippen LogP contribution is -2.11. The highest BCUT2D eigenvalue weighted by molar-refractivity contribution is 7.91. The molecule has 0 bridgehead atoms. The summed E-state index contributed by atoms with van der Waals surface area (Å²) in [6.45, 7) is 1.28. The van der Waals surface area contributed by atoms with E-state index < -0.39 is 20.0 Å². The van der Waals surface area contributed by atoms with Crippen molar-refractivity contribution >= 4 is 58.9 Å². The molecule has 0 aliphatic rings. The maximum absolute atomic E-state index is 10.7. The molecule has 2 aromatic rings. The summed E-state index contributed by atoms with van der Waals surface area (Å²) in [4.78, 5) is 10.5. The number of rotatable bonds is 3. The third-order valence-corrected chi connectivity index (χ3v) is 5.81. The number of sulfonamides is 2. The van der Waals surface area contributed by atoms with Crippen LogP contribution in [0, 0.1) is 0 Å². The number of anilines is 2. The quantitative estimate of drug-likeness (QED) is 0.423. The molecule has 13 nitrogen and oxygen atoms in total. The summed E-state index contributed by atoms with van der Waals surface area (Å²) in [5.74, 6) is -0.350. The Morgan fingerprint density at radius 2 is 1.42 bits per heavy atom. The van der Waals surface area contributed by atoms with Crippen molar-refractivity contribution in [3.8, 4) is 0 Å². The van der Waals surface area contributed by atoms with E-state index in [2.05, 4.69) is 25.7 Å². The first-order chi connectivity index (χ1) is 10.4. The summed E-state index contributed by atoms with van der Waals surface area (Å²) >= 11 is 1.44. The SMILES string of the molecule is C.CC(=O)Nc1nnc(S(N)(=O)=O)s1.Nc1nnc(S(N)(=O)=O)s1. The van der Waals surface area contributed by atoms with Gasteiger partial charge in [-0.15, -0.1) is 20.4 Å². The minimum atomic E-state index is -3.82. The standard InChI is InChI=1S/C4H6N4O3S2.C2H4N4O2S2.CH4/c1-2(9)6-3-7-8-4(12-3)13(5,10)11;3-1-5-6-2(9-1)10(4,7)8;/h1H3,(H2,5,10,11)(H,6,7,9);(H2,3,5)(H2,4,7,8);1H4. The van der Waals surface area contributed by atoms with Crippen molar-refractivity contribution in [2.24, 2.45) is 10.3 Å². The Balaban J connectivity index is 0.000000436. The van der Waals surface area contributed by atoms with Gasteiger partial charge in [0.15, 0.2) is 0 Å². The average molecular weight is 419 g/mol. The number of nitrogens with one attached hydrogen (secondary N) is 1. The van der Waals surface area contributed by atoms with E-state index in [9.17, 15) is 21.6 Å². The number of nitrogens with two attached hydrogens (primary N) is 3. The highest BCUT2D eigenvalue weighted by Crippen LogP contribution is 2.18. The van der Waals surface area contributed by atoms with E-state index in [1.165, 1.54) is 6.92 Å². The van der Waals surface area contributed by atoms with E-state index in [0.29, 0.717) is 11.3 Å². The molecule has 0 aromatic carbocycles. The summed E-state index contributed by atoms with van der Waals surface area (Å²) < 4.78 is 41.8. The Hall–Kier alpha value is -1.79. The summed E-state index contributed by atoms with van der Waals surface area (Å²) in [5, 5.41) is 25.1. The van der Waals surface area contributed by atoms with Crippen molar-refractivity contribution in [3.05, 3.63) is 0 Å².